The average molecular weight is 407 g/mol. The summed E-state index contributed by atoms with van der Waals surface area (Å²) < 4.78 is 0. The highest BCUT2D eigenvalue weighted by Gasteiger charge is 2.35. The molecule has 1 N–H and O–H groups in total. The molecule has 0 saturated carbocycles. The molecule has 6 nitrogen and oxygen atoms in total. The van der Waals surface area contributed by atoms with Gasteiger partial charge in [0.15, 0.2) is 0 Å². The summed E-state index contributed by atoms with van der Waals surface area (Å²) >= 11 is 1.33. The number of anilines is 1. The normalized spacial score (nSPS) is 16.1. The van der Waals surface area contributed by atoms with Gasteiger partial charge in [-0.1, -0.05) is 58.9 Å². The molecule has 1 aliphatic heterocycles. The number of hydrogen-bond donors (Lipinski definition) is 1. The first-order valence-electron chi connectivity index (χ1n) is 9.60. The lowest BCUT2D eigenvalue weighted by Crippen LogP contribution is -2.43. The summed E-state index contributed by atoms with van der Waals surface area (Å²) in [7, 11) is 0. The van der Waals surface area contributed by atoms with Crippen LogP contribution < -0.4 is 5.32 Å². The van der Waals surface area contributed by atoms with Crippen molar-refractivity contribution in [1.82, 2.24) is 15.1 Å². The number of benzene rings is 2. The third kappa shape index (κ3) is 4.19. The SMILES string of the molecule is Cc1ccc(C(=O)N2CCCC2C(=O)Nc2nnc(-c3ccc(C)cc3)s2)cc1. The summed E-state index contributed by atoms with van der Waals surface area (Å²) in [6, 6.07) is 15.0. The molecule has 1 atom stereocenters. The number of amides is 2. The number of hydrogen-bond acceptors (Lipinski definition) is 5. The van der Waals surface area contributed by atoms with Crippen LogP contribution in [0.4, 0.5) is 5.13 Å². The van der Waals surface area contributed by atoms with Crippen molar-refractivity contribution >= 4 is 28.3 Å². The summed E-state index contributed by atoms with van der Waals surface area (Å²) in [4.78, 5) is 27.4. The predicted octanol–water partition coefficient (Wildman–Crippen LogP) is 4.07. The van der Waals surface area contributed by atoms with Gasteiger partial charge in [0.05, 0.1) is 0 Å². The van der Waals surface area contributed by atoms with Crippen LogP contribution in [0.1, 0.15) is 34.3 Å². The monoisotopic (exact) mass is 406 g/mol. The van der Waals surface area contributed by atoms with Crippen LogP contribution in [-0.2, 0) is 4.79 Å². The minimum absolute atomic E-state index is 0.111. The van der Waals surface area contributed by atoms with E-state index in [1.165, 1.54) is 16.9 Å². The topological polar surface area (TPSA) is 75.2 Å². The maximum Gasteiger partial charge on any atom is 0.254 e. The number of nitrogens with zero attached hydrogens (tertiary/aromatic N) is 3. The van der Waals surface area contributed by atoms with Gasteiger partial charge in [0, 0.05) is 17.7 Å². The maximum absolute atomic E-state index is 12.9. The Morgan fingerprint density at radius 2 is 1.66 bits per heavy atom. The van der Waals surface area contributed by atoms with Crippen LogP contribution in [0, 0.1) is 13.8 Å². The van der Waals surface area contributed by atoms with Crippen LogP contribution in [0.2, 0.25) is 0 Å². The average Bonchev–Trinajstić information content (AvgIpc) is 3.38. The van der Waals surface area contributed by atoms with E-state index in [0.717, 1.165) is 22.6 Å². The van der Waals surface area contributed by atoms with Crippen molar-refractivity contribution < 1.29 is 9.59 Å². The molecule has 2 aromatic carbocycles. The molecule has 1 unspecified atom stereocenters. The molecular formula is C22H22N4O2S. The van der Waals surface area contributed by atoms with Crippen molar-refractivity contribution in [3.63, 3.8) is 0 Å². The van der Waals surface area contributed by atoms with Crippen LogP contribution in [0.5, 0.6) is 0 Å². The fourth-order valence-electron chi connectivity index (χ4n) is 3.42. The molecule has 1 aromatic heterocycles. The molecule has 1 fully saturated rings. The molecule has 0 aliphatic carbocycles. The van der Waals surface area contributed by atoms with Gasteiger partial charge in [-0.2, -0.15) is 0 Å². The molecule has 1 aliphatic rings. The van der Waals surface area contributed by atoms with Gasteiger partial charge in [0.25, 0.3) is 5.91 Å². The van der Waals surface area contributed by atoms with E-state index < -0.39 is 6.04 Å². The standard InChI is InChI=1S/C22H22N4O2S/c1-14-5-9-16(10-6-14)20-24-25-22(29-20)23-19(27)18-4-3-13-26(18)21(28)17-11-7-15(2)8-12-17/h5-12,18H,3-4,13H2,1-2H3,(H,23,25,27). The minimum atomic E-state index is -0.490. The van der Waals surface area contributed by atoms with Crippen LogP contribution in [0.3, 0.4) is 0 Å². The van der Waals surface area contributed by atoms with E-state index in [2.05, 4.69) is 15.5 Å². The van der Waals surface area contributed by atoms with E-state index >= 15 is 0 Å². The van der Waals surface area contributed by atoms with E-state index in [0.29, 0.717) is 23.7 Å². The van der Waals surface area contributed by atoms with E-state index in [1.54, 1.807) is 4.90 Å². The first kappa shape index (κ1) is 19.3. The van der Waals surface area contributed by atoms with E-state index in [-0.39, 0.29) is 11.8 Å². The largest absolute Gasteiger partial charge is 0.327 e. The van der Waals surface area contributed by atoms with E-state index in [4.69, 9.17) is 0 Å². The van der Waals surface area contributed by atoms with Crippen molar-refractivity contribution in [2.75, 3.05) is 11.9 Å². The number of aryl methyl sites for hydroxylation is 2. The van der Waals surface area contributed by atoms with Gasteiger partial charge in [-0.05, 0) is 38.8 Å². The summed E-state index contributed by atoms with van der Waals surface area (Å²) in [5.74, 6) is -0.324. The molecule has 0 bridgehead atoms. The Morgan fingerprint density at radius 3 is 2.34 bits per heavy atom. The van der Waals surface area contributed by atoms with Gasteiger partial charge in [-0.3, -0.25) is 14.9 Å². The minimum Gasteiger partial charge on any atom is -0.327 e. The van der Waals surface area contributed by atoms with Gasteiger partial charge in [-0.15, -0.1) is 10.2 Å². The Morgan fingerprint density at radius 1 is 1.00 bits per heavy atom. The second-order valence-electron chi connectivity index (χ2n) is 7.29. The van der Waals surface area contributed by atoms with Crippen molar-refractivity contribution in [1.29, 1.82) is 0 Å². The molecule has 0 spiro atoms. The first-order valence-corrected chi connectivity index (χ1v) is 10.4. The lowest BCUT2D eigenvalue weighted by atomic mass is 10.1. The second-order valence-corrected chi connectivity index (χ2v) is 8.27. The summed E-state index contributed by atoms with van der Waals surface area (Å²) in [6.07, 6.45) is 1.45. The highest BCUT2D eigenvalue weighted by atomic mass is 32.1. The highest BCUT2D eigenvalue weighted by molar-refractivity contribution is 7.18. The van der Waals surface area contributed by atoms with Gasteiger partial charge in [0.1, 0.15) is 11.0 Å². The summed E-state index contributed by atoms with van der Waals surface area (Å²) in [6.45, 7) is 4.59. The lowest BCUT2D eigenvalue weighted by Gasteiger charge is -2.23. The molecule has 7 heteroatoms. The van der Waals surface area contributed by atoms with E-state index in [1.807, 2.05) is 62.4 Å². The second kappa shape index (κ2) is 8.13. The number of likely N-dealkylation sites (tertiary alicyclic amines) is 1. The Bertz CT molecular complexity index is 1030. The Balaban J connectivity index is 1.45. The molecule has 1 saturated heterocycles. The van der Waals surface area contributed by atoms with Crippen molar-refractivity contribution in [3.05, 3.63) is 65.2 Å². The third-order valence-electron chi connectivity index (χ3n) is 5.07. The summed E-state index contributed by atoms with van der Waals surface area (Å²) in [5, 5.41) is 12.3. The molecule has 2 amide bonds. The number of carbonyl (C=O) groups is 2. The summed E-state index contributed by atoms with van der Waals surface area (Å²) in [5.41, 5.74) is 3.84. The van der Waals surface area contributed by atoms with Crippen molar-refractivity contribution in [3.8, 4) is 10.6 Å². The Hall–Kier alpha value is -3.06. The molecule has 29 heavy (non-hydrogen) atoms. The van der Waals surface area contributed by atoms with Crippen LogP contribution in [-0.4, -0.2) is 39.5 Å². The molecular weight excluding hydrogens is 384 g/mol. The Labute approximate surface area is 173 Å². The van der Waals surface area contributed by atoms with Crippen LogP contribution in [0.25, 0.3) is 10.6 Å². The number of rotatable bonds is 4. The zero-order valence-electron chi connectivity index (χ0n) is 16.4. The number of carbonyl (C=O) groups excluding carboxylic acids is 2. The van der Waals surface area contributed by atoms with Crippen LogP contribution >= 0.6 is 11.3 Å². The van der Waals surface area contributed by atoms with Gasteiger partial charge in [0.2, 0.25) is 11.0 Å². The molecule has 0 radical (unpaired) electrons. The van der Waals surface area contributed by atoms with Crippen molar-refractivity contribution in [2.24, 2.45) is 0 Å². The van der Waals surface area contributed by atoms with E-state index in [9.17, 15) is 9.59 Å². The molecule has 4 rings (SSSR count). The zero-order chi connectivity index (χ0) is 20.4. The predicted molar refractivity (Wildman–Crippen MR) is 114 cm³/mol. The Kier molecular flexibility index (Phi) is 5.40. The maximum atomic E-state index is 12.9. The van der Waals surface area contributed by atoms with Crippen LogP contribution in [0.15, 0.2) is 48.5 Å². The quantitative estimate of drug-likeness (QED) is 0.709. The van der Waals surface area contributed by atoms with Crippen molar-refractivity contribution in [2.45, 2.75) is 32.7 Å². The smallest absolute Gasteiger partial charge is 0.254 e. The molecule has 2 heterocycles. The van der Waals surface area contributed by atoms with Gasteiger partial charge >= 0.3 is 0 Å². The van der Waals surface area contributed by atoms with Gasteiger partial charge < -0.3 is 4.90 Å². The third-order valence-corrected chi connectivity index (χ3v) is 5.96. The van der Waals surface area contributed by atoms with Gasteiger partial charge in [-0.25, -0.2) is 0 Å². The fourth-order valence-corrected chi connectivity index (χ4v) is 4.17. The number of nitrogens with one attached hydrogen (secondary N) is 1. The number of aromatic nitrogens is 2. The highest BCUT2D eigenvalue weighted by Crippen LogP contribution is 2.28. The fraction of sp³-hybridized carbons (Fsp3) is 0.273. The molecule has 148 valence electrons. The zero-order valence-corrected chi connectivity index (χ0v) is 17.2. The molecule has 3 aromatic rings. The lowest BCUT2D eigenvalue weighted by molar-refractivity contribution is -0.119. The first-order chi connectivity index (χ1) is 14.0.